The van der Waals surface area contributed by atoms with E-state index in [-0.39, 0.29) is 6.03 Å². The summed E-state index contributed by atoms with van der Waals surface area (Å²) in [7, 11) is 1.61. The van der Waals surface area contributed by atoms with Gasteiger partial charge < -0.3 is 14.8 Å². The maximum absolute atomic E-state index is 12.6. The van der Waals surface area contributed by atoms with Gasteiger partial charge in [0.1, 0.15) is 5.75 Å². The number of carbonyl (C=O) groups is 1. The Morgan fingerprint density at radius 3 is 2.59 bits per heavy atom. The number of methoxy groups -OCH3 is 1. The van der Waals surface area contributed by atoms with Crippen LogP contribution in [0.5, 0.6) is 5.75 Å². The van der Waals surface area contributed by atoms with Crippen molar-refractivity contribution in [1.82, 2.24) is 10.2 Å². The molecule has 6 nitrogen and oxygen atoms in total. The van der Waals surface area contributed by atoms with Crippen LogP contribution in [-0.4, -0.2) is 43.6 Å². The standard InChI is InChI=1S/C23H29N3O3/c1-28-21-9-5-8-20(17-21)24-22(27)25-23(12-15-29-23)26-13-10-19(11-14-26)16-18-6-3-2-4-7-18/h2-9,17,19H,10-16H2,1H3,(H2,24,25,27). The Bertz CT molecular complexity index is 815. The third-order valence-corrected chi connectivity index (χ3v) is 5.91. The van der Waals surface area contributed by atoms with E-state index in [0.717, 1.165) is 38.8 Å². The number of likely N-dealkylation sites (tertiary alicyclic amines) is 1. The fraction of sp³-hybridized carbons (Fsp3) is 0.435. The van der Waals surface area contributed by atoms with Crippen molar-refractivity contribution < 1.29 is 14.3 Å². The van der Waals surface area contributed by atoms with Gasteiger partial charge in [0.25, 0.3) is 0 Å². The van der Waals surface area contributed by atoms with Crippen LogP contribution in [0.3, 0.4) is 0 Å². The largest absolute Gasteiger partial charge is 0.497 e. The summed E-state index contributed by atoms with van der Waals surface area (Å²) in [5, 5.41) is 5.95. The number of nitrogens with one attached hydrogen (secondary N) is 2. The molecule has 0 spiro atoms. The van der Waals surface area contributed by atoms with E-state index in [0.29, 0.717) is 24.0 Å². The molecule has 2 aliphatic heterocycles. The van der Waals surface area contributed by atoms with E-state index in [1.807, 2.05) is 18.2 Å². The average molecular weight is 396 g/mol. The Morgan fingerprint density at radius 1 is 1.17 bits per heavy atom. The van der Waals surface area contributed by atoms with Crippen molar-refractivity contribution in [2.45, 2.75) is 31.5 Å². The summed E-state index contributed by atoms with van der Waals surface area (Å²) >= 11 is 0. The monoisotopic (exact) mass is 395 g/mol. The molecule has 2 heterocycles. The van der Waals surface area contributed by atoms with E-state index < -0.39 is 5.85 Å². The molecule has 4 rings (SSSR count). The van der Waals surface area contributed by atoms with Gasteiger partial charge in [-0.2, -0.15) is 0 Å². The summed E-state index contributed by atoms with van der Waals surface area (Å²) in [5.74, 6) is 0.704. The Morgan fingerprint density at radius 2 is 1.93 bits per heavy atom. The fourth-order valence-corrected chi connectivity index (χ4v) is 4.21. The van der Waals surface area contributed by atoms with E-state index in [4.69, 9.17) is 9.47 Å². The van der Waals surface area contributed by atoms with Gasteiger partial charge in [-0.25, -0.2) is 4.79 Å². The predicted octanol–water partition coefficient (Wildman–Crippen LogP) is 3.85. The van der Waals surface area contributed by atoms with Crippen LogP contribution in [0.4, 0.5) is 10.5 Å². The fourth-order valence-electron chi connectivity index (χ4n) is 4.21. The molecule has 2 saturated heterocycles. The molecule has 0 aromatic heterocycles. The molecule has 6 heteroatoms. The van der Waals surface area contributed by atoms with Crippen LogP contribution in [0.1, 0.15) is 24.8 Å². The normalized spacial score (nSPS) is 22.5. The van der Waals surface area contributed by atoms with E-state index in [1.165, 1.54) is 5.56 Å². The van der Waals surface area contributed by atoms with Gasteiger partial charge in [0.15, 0.2) is 0 Å². The molecule has 0 bridgehead atoms. The lowest BCUT2D eigenvalue weighted by molar-refractivity contribution is -0.255. The van der Waals surface area contributed by atoms with E-state index in [1.54, 1.807) is 13.2 Å². The molecule has 0 saturated carbocycles. The first-order valence-electron chi connectivity index (χ1n) is 10.3. The Balaban J connectivity index is 1.31. The maximum atomic E-state index is 12.6. The maximum Gasteiger partial charge on any atom is 0.322 e. The average Bonchev–Trinajstić information content (AvgIpc) is 2.72. The third kappa shape index (κ3) is 4.71. The van der Waals surface area contributed by atoms with Gasteiger partial charge in [-0.15, -0.1) is 0 Å². The zero-order valence-corrected chi connectivity index (χ0v) is 16.9. The number of nitrogens with zero attached hydrogens (tertiary/aromatic N) is 1. The lowest BCUT2D eigenvalue weighted by Gasteiger charge is -2.51. The number of benzene rings is 2. The first-order chi connectivity index (χ1) is 14.2. The number of rotatable bonds is 6. The first kappa shape index (κ1) is 19.7. The molecule has 2 aromatic rings. The molecule has 0 radical (unpaired) electrons. The number of ether oxygens (including phenoxy) is 2. The quantitative estimate of drug-likeness (QED) is 0.780. The van der Waals surface area contributed by atoms with Crippen molar-refractivity contribution in [3.05, 3.63) is 60.2 Å². The number of urea groups is 1. The number of anilines is 1. The zero-order valence-electron chi connectivity index (χ0n) is 16.9. The van der Waals surface area contributed by atoms with Crippen LogP contribution in [0.25, 0.3) is 0 Å². The predicted molar refractivity (Wildman–Crippen MR) is 113 cm³/mol. The molecule has 1 unspecified atom stereocenters. The Labute approximate surface area is 172 Å². The Hall–Kier alpha value is -2.57. The number of hydrogen-bond acceptors (Lipinski definition) is 4. The van der Waals surface area contributed by atoms with E-state index in [9.17, 15) is 4.79 Å². The van der Waals surface area contributed by atoms with Gasteiger partial charge in [0.05, 0.1) is 13.7 Å². The van der Waals surface area contributed by atoms with Crippen molar-refractivity contribution >= 4 is 11.7 Å². The third-order valence-electron chi connectivity index (χ3n) is 5.91. The van der Waals surface area contributed by atoms with Gasteiger partial charge in [-0.05, 0) is 42.9 Å². The van der Waals surface area contributed by atoms with Crippen molar-refractivity contribution in [2.75, 3.05) is 32.1 Å². The number of hydrogen-bond donors (Lipinski definition) is 2. The minimum atomic E-state index is -0.680. The van der Waals surface area contributed by atoms with Crippen LogP contribution in [-0.2, 0) is 11.2 Å². The number of carbonyl (C=O) groups excluding carboxylic acids is 1. The van der Waals surface area contributed by atoms with Gasteiger partial charge in [-0.3, -0.25) is 10.2 Å². The molecule has 154 valence electrons. The molecular formula is C23H29N3O3. The van der Waals surface area contributed by atoms with Gasteiger partial charge in [0.2, 0.25) is 5.85 Å². The Kier molecular flexibility index (Phi) is 6.02. The van der Waals surface area contributed by atoms with Crippen molar-refractivity contribution in [3.63, 3.8) is 0 Å². The van der Waals surface area contributed by atoms with Crippen molar-refractivity contribution in [2.24, 2.45) is 5.92 Å². The number of amides is 2. The molecule has 2 amide bonds. The van der Waals surface area contributed by atoms with Crippen LogP contribution >= 0.6 is 0 Å². The molecule has 2 aliphatic rings. The van der Waals surface area contributed by atoms with Gasteiger partial charge in [0, 0.05) is 31.3 Å². The second kappa shape index (κ2) is 8.84. The van der Waals surface area contributed by atoms with Crippen LogP contribution in [0, 0.1) is 5.92 Å². The molecular weight excluding hydrogens is 366 g/mol. The molecule has 2 N–H and O–H groups in total. The highest BCUT2D eigenvalue weighted by Crippen LogP contribution is 2.33. The van der Waals surface area contributed by atoms with Crippen LogP contribution in [0.2, 0.25) is 0 Å². The summed E-state index contributed by atoms with van der Waals surface area (Å²) in [6.07, 6.45) is 4.15. The van der Waals surface area contributed by atoms with Crippen molar-refractivity contribution in [1.29, 1.82) is 0 Å². The van der Waals surface area contributed by atoms with Gasteiger partial charge in [-0.1, -0.05) is 36.4 Å². The molecule has 2 aromatic carbocycles. The zero-order chi connectivity index (χ0) is 20.1. The highest BCUT2D eigenvalue weighted by molar-refractivity contribution is 5.89. The van der Waals surface area contributed by atoms with Crippen LogP contribution in [0.15, 0.2) is 54.6 Å². The lowest BCUT2D eigenvalue weighted by Crippen LogP contribution is -2.69. The second-order valence-corrected chi connectivity index (χ2v) is 7.81. The molecule has 29 heavy (non-hydrogen) atoms. The summed E-state index contributed by atoms with van der Waals surface area (Å²) in [5.41, 5.74) is 2.09. The van der Waals surface area contributed by atoms with Gasteiger partial charge >= 0.3 is 6.03 Å². The molecule has 1 atom stereocenters. The summed E-state index contributed by atoms with van der Waals surface area (Å²) in [4.78, 5) is 14.9. The van der Waals surface area contributed by atoms with Crippen LogP contribution < -0.4 is 15.4 Å². The molecule has 0 aliphatic carbocycles. The number of piperidine rings is 1. The van der Waals surface area contributed by atoms with E-state index in [2.05, 4.69) is 45.9 Å². The smallest absolute Gasteiger partial charge is 0.322 e. The van der Waals surface area contributed by atoms with Crippen molar-refractivity contribution in [3.8, 4) is 5.75 Å². The van der Waals surface area contributed by atoms with E-state index >= 15 is 0 Å². The minimum absolute atomic E-state index is 0.260. The lowest BCUT2D eigenvalue weighted by atomic mass is 9.89. The summed E-state index contributed by atoms with van der Waals surface area (Å²) in [6, 6.07) is 17.7. The summed E-state index contributed by atoms with van der Waals surface area (Å²) < 4.78 is 11.1. The molecule has 2 fully saturated rings. The first-order valence-corrected chi connectivity index (χ1v) is 10.3. The summed E-state index contributed by atoms with van der Waals surface area (Å²) in [6.45, 7) is 2.53. The minimum Gasteiger partial charge on any atom is -0.497 e. The SMILES string of the molecule is COc1cccc(NC(=O)NC2(N3CCC(Cc4ccccc4)CC3)CCO2)c1. The highest BCUT2D eigenvalue weighted by Gasteiger charge is 2.46. The second-order valence-electron chi connectivity index (χ2n) is 7.81. The highest BCUT2D eigenvalue weighted by atomic mass is 16.6. The topological polar surface area (TPSA) is 62.8 Å².